The van der Waals surface area contributed by atoms with Crippen LogP contribution in [-0.4, -0.2) is 23.7 Å². The number of carbonyl (C=O) groups excluding carboxylic acids is 1. The van der Waals surface area contributed by atoms with Crippen LogP contribution in [0.15, 0.2) is 78.9 Å². The molecule has 2 aromatic carbocycles. The molecule has 4 nitrogen and oxygen atoms in total. The molecule has 0 aliphatic carbocycles. The average molecular weight is 352 g/mol. The molecule has 0 spiro atoms. The van der Waals surface area contributed by atoms with Crippen molar-refractivity contribution in [3.8, 4) is 0 Å². The predicted octanol–water partition coefficient (Wildman–Crippen LogP) is 4.52. The van der Waals surface area contributed by atoms with Gasteiger partial charge in [-0.25, -0.2) is 0 Å². The summed E-state index contributed by atoms with van der Waals surface area (Å²) in [6.45, 7) is 1.74. The zero-order valence-corrected chi connectivity index (χ0v) is 14.9. The quantitative estimate of drug-likeness (QED) is 0.588. The van der Waals surface area contributed by atoms with E-state index >= 15 is 0 Å². The summed E-state index contributed by atoms with van der Waals surface area (Å²) in [5.41, 5.74) is 2.30. The topological polar surface area (TPSA) is 63.6 Å². The molecule has 0 saturated heterocycles. The monoisotopic (exact) mass is 352 g/mol. The van der Waals surface area contributed by atoms with Crippen molar-refractivity contribution in [2.45, 2.75) is 19.8 Å². The minimum absolute atomic E-state index is 0.104. The minimum Gasteiger partial charge on any atom is -0.481 e. The van der Waals surface area contributed by atoms with Crippen LogP contribution in [0.1, 0.15) is 24.5 Å². The van der Waals surface area contributed by atoms with Gasteiger partial charge < -0.3 is 9.84 Å². The van der Waals surface area contributed by atoms with Crippen molar-refractivity contribution >= 4 is 18.0 Å². The Balaban J connectivity index is 0.000000260. The van der Waals surface area contributed by atoms with E-state index in [2.05, 4.69) is 0 Å². The van der Waals surface area contributed by atoms with E-state index in [-0.39, 0.29) is 12.4 Å². The van der Waals surface area contributed by atoms with Crippen molar-refractivity contribution in [3.63, 3.8) is 0 Å². The van der Waals surface area contributed by atoms with E-state index in [1.54, 1.807) is 6.08 Å². The summed E-state index contributed by atoms with van der Waals surface area (Å²) in [5, 5.41) is 8.36. The van der Waals surface area contributed by atoms with E-state index in [0.717, 1.165) is 12.0 Å². The van der Waals surface area contributed by atoms with Gasteiger partial charge in [-0.05, 0) is 23.6 Å². The lowest BCUT2D eigenvalue weighted by Crippen LogP contribution is -1.97. The number of aliphatic carboxylic acids is 1. The maximum absolute atomic E-state index is 10.4. The lowest BCUT2D eigenvalue weighted by Gasteiger charge is -1.94. The second kappa shape index (κ2) is 13.2. The molecule has 0 saturated carbocycles. The Labute approximate surface area is 154 Å². The van der Waals surface area contributed by atoms with E-state index in [1.165, 1.54) is 12.5 Å². The Morgan fingerprint density at radius 3 is 2.12 bits per heavy atom. The second-order valence-corrected chi connectivity index (χ2v) is 5.37. The molecule has 0 unspecified atom stereocenters. The first kappa shape index (κ1) is 20.9. The summed E-state index contributed by atoms with van der Waals surface area (Å²) in [5.74, 6) is -1.04. The van der Waals surface area contributed by atoms with Crippen molar-refractivity contribution in [2.75, 3.05) is 6.61 Å². The van der Waals surface area contributed by atoms with Gasteiger partial charge in [0, 0.05) is 6.92 Å². The maximum Gasteiger partial charge on any atom is 0.307 e. The van der Waals surface area contributed by atoms with Gasteiger partial charge in [-0.3, -0.25) is 9.59 Å². The summed E-state index contributed by atoms with van der Waals surface area (Å²) < 4.78 is 4.74. The maximum atomic E-state index is 10.4. The summed E-state index contributed by atoms with van der Waals surface area (Å²) in [7, 11) is 0. The third-order valence-corrected chi connectivity index (χ3v) is 3.15. The zero-order chi connectivity index (χ0) is 19.0. The predicted molar refractivity (Wildman–Crippen MR) is 104 cm³/mol. The Bertz CT molecular complexity index is 703. The van der Waals surface area contributed by atoms with Crippen LogP contribution in [0.4, 0.5) is 0 Å². The number of rotatable bonds is 7. The molecule has 2 aromatic rings. The molecule has 0 amide bonds. The van der Waals surface area contributed by atoms with Crippen molar-refractivity contribution in [1.82, 2.24) is 0 Å². The molecule has 26 heavy (non-hydrogen) atoms. The first-order valence-electron chi connectivity index (χ1n) is 8.33. The number of hydrogen-bond acceptors (Lipinski definition) is 3. The highest BCUT2D eigenvalue weighted by Crippen LogP contribution is 2.01. The first-order chi connectivity index (χ1) is 12.6. The largest absolute Gasteiger partial charge is 0.481 e. The van der Waals surface area contributed by atoms with Gasteiger partial charge in [0.25, 0.3) is 0 Å². The number of carboxylic acids is 1. The average Bonchev–Trinajstić information content (AvgIpc) is 2.64. The lowest BCUT2D eigenvalue weighted by molar-refractivity contribution is -0.139. The number of hydrogen-bond donors (Lipinski definition) is 1. The Kier molecular flexibility index (Phi) is 10.6. The van der Waals surface area contributed by atoms with Gasteiger partial charge in [-0.15, -0.1) is 0 Å². The molecule has 4 heteroatoms. The third kappa shape index (κ3) is 11.4. The normalized spacial score (nSPS) is 10.3. The molecule has 2 rings (SSSR count). The highest BCUT2D eigenvalue weighted by Gasteiger charge is 1.90. The van der Waals surface area contributed by atoms with Crippen molar-refractivity contribution in [3.05, 3.63) is 90.0 Å². The van der Waals surface area contributed by atoms with E-state index in [0.29, 0.717) is 6.61 Å². The molecule has 0 heterocycles. The SMILES string of the molecule is CC(=O)OCC=Cc1ccccc1.O=C(O)CC=CCc1ccccc1. The number of esters is 1. The van der Waals surface area contributed by atoms with Crippen LogP contribution in [0.5, 0.6) is 0 Å². The Morgan fingerprint density at radius 2 is 1.54 bits per heavy atom. The summed E-state index contributed by atoms with van der Waals surface area (Å²) in [6, 6.07) is 19.8. The second-order valence-electron chi connectivity index (χ2n) is 5.37. The number of carboxylic acid groups (broad SMARTS) is 1. The summed E-state index contributed by atoms with van der Waals surface area (Å²) in [6.07, 6.45) is 8.19. The van der Waals surface area contributed by atoms with Gasteiger partial charge in [0.2, 0.25) is 0 Å². The van der Waals surface area contributed by atoms with E-state index in [4.69, 9.17) is 9.84 Å². The Morgan fingerprint density at radius 1 is 0.923 bits per heavy atom. The van der Waals surface area contributed by atoms with Gasteiger partial charge in [-0.2, -0.15) is 0 Å². The van der Waals surface area contributed by atoms with Crippen LogP contribution in [0, 0.1) is 0 Å². The fourth-order valence-corrected chi connectivity index (χ4v) is 1.93. The number of allylic oxidation sites excluding steroid dienone is 1. The smallest absolute Gasteiger partial charge is 0.307 e. The van der Waals surface area contributed by atoms with Crippen LogP contribution in [-0.2, 0) is 20.7 Å². The molecule has 1 N–H and O–H groups in total. The molecule has 136 valence electrons. The van der Waals surface area contributed by atoms with Gasteiger partial charge in [0.1, 0.15) is 6.61 Å². The number of benzene rings is 2. The molecule has 0 fully saturated rings. The molecular formula is C22H24O4. The van der Waals surface area contributed by atoms with Crippen molar-refractivity contribution in [2.24, 2.45) is 0 Å². The number of ether oxygens (including phenoxy) is 1. The van der Waals surface area contributed by atoms with Crippen LogP contribution < -0.4 is 0 Å². The fourth-order valence-electron chi connectivity index (χ4n) is 1.93. The fraction of sp³-hybridized carbons (Fsp3) is 0.182. The minimum atomic E-state index is -0.788. The highest BCUT2D eigenvalue weighted by molar-refractivity contribution is 5.68. The lowest BCUT2D eigenvalue weighted by atomic mass is 10.1. The van der Waals surface area contributed by atoms with Crippen LogP contribution >= 0.6 is 0 Å². The number of carbonyl (C=O) groups is 2. The zero-order valence-electron chi connectivity index (χ0n) is 14.9. The molecule has 0 atom stereocenters. The van der Waals surface area contributed by atoms with Crippen LogP contribution in [0.2, 0.25) is 0 Å². The van der Waals surface area contributed by atoms with Crippen molar-refractivity contribution < 1.29 is 19.4 Å². The highest BCUT2D eigenvalue weighted by atomic mass is 16.5. The van der Waals surface area contributed by atoms with E-state index in [9.17, 15) is 9.59 Å². The summed E-state index contributed by atoms with van der Waals surface area (Å²) in [4.78, 5) is 20.6. The molecule has 0 bridgehead atoms. The van der Waals surface area contributed by atoms with E-state index < -0.39 is 5.97 Å². The van der Waals surface area contributed by atoms with Gasteiger partial charge >= 0.3 is 11.9 Å². The van der Waals surface area contributed by atoms with Crippen LogP contribution in [0.3, 0.4) is 0 Å². The molecule has 0 aliphatic rings. The van der Waals surface area contributed by atoms with Gasteiger partial charge in [0.15, 0.2) is 0 Å². The summed E-state index contributed by atoms with van der Waals surface area (Å²) >= 11 is 0. The molecule has 0 radical (unpaired) electrons. The van der Waals surface area contributed by atoms with Gasteiger partial charge in [0.05, 0.1) is 6.42 Å². The molecule has 0 aliphatic heterocycles. The van der Waals surface area contributed by atoms with E-state index in [1.807, 2.05) is 78.9 Å². The Hall–Kier alpha value is -3.14. The van der Waals surface area contributed by atoms with Crippen LogP contribution in [0.25, 0.3) is 6.08 Å². The third-order valence-electron chi connectivity index (χ3n) is 3.15. The molecular weight excluding hydrogens is 328 g/mol. The van der Waals surface area contributed by atoms with Crippen molar-refractivity contribution in [1.29, 1.82) is 0 Å². The standard InChI is InChI=1S/2C11H12O2/c1-10(12)13-9-5-8-11-6-3-2-4-7-11;12-11(13)9-5-4-8-10-6-2-1-3-7-10/h2-8H,9H2,1H3;1-7H,8-9H2,(H,12,13). The molecule has 0 aromatic heterocycles. The first-order valence-corrected chi connectivity index (χ1v) is 8.33. The van der Waals surface area contributed by atoms with Gasteiger partial charge in [-0.1, -0.05) is 78.9 Å².